The predicted molar refractivity (Wildman–Crippen MR) is 128 cm³/mol. The molecule has 5 rings (SSSR count). The first-order valence-corrected chi connectivity index (χ1v) is 10.5. The standard InChI is InChI=1S/C26H26BNO2/c1-25(2,29)26(3,4)30-27-20-15-16-22-24-19(20)14-13-17-9-8-12-21(23(17)24)28(22)18-10-6-5-7-11-18/h5-16,27,29H,1-4H3. The molecule has 4 heteroatoms. The minimum atomic E-state index is -0.930. The maximum absolute atomic E-state index is 10.5. The van der Waals surface area contributed by atoms with E-state index >= 15 is 0 Å². The van der Waals surface area contributed by atoms with Gasteiger partial charge >= 0.3 is 7.48 Å². The van der Waals surface area contributed by atoms with Crippen molar-refractivity contribution in [2.24, 2.45) is 0 Å². The molecule has 0 saturated heterocycles. The number of aromatic nitrogens is 1. The van der Waals surface area contributed by atoms with Gasteiger partial charge in [-0.05, 0) is 68.2 Å². The summed E-state index contributed by atoms with van der Waals surface area (Å²) in [4.78, 5) is 0. The maximum atomic E-state index is 10.5. The molecule has 0 atom stereocenters. The molecule has 0 unspecified atom stereocenters. The van der Waals surface area contributed by atoms with Crippen molar-refractivity contribution in [3.05, 3.63) is 72.8 Å². The zero-order chi connectivity index (χ0) is 21.1. The lowest BCUT2D eigenvalue weighted by Gasteiger charge is -2.37. The van der Waals surface area contributed by atoms with Gasteiger partial charge < -0.3 is 14.3 Å². The second kappa shape index (κ2) is 6.59. The first-order valence-electron chi connectivity index (χ1n) is 10.5. The van der Waals surface area contributed by atoms with Crippen molar-refractivity contribution in [2.45, 2.75) is 38.9 Å². The minimum Gasteiger partial charge on any atom is -0.427 e. The normalized spacial score (nSPS) is 13.0. The van der Waals surface area contributed by atoms with Gasteiger partial charge in [0.1, 0.15) is 0 Å². The molecule has 0 radical (unpaired) electrons. The van der Waals surface area contributed by atoms with Crippen LogP contribution in [-0.2, 0) is 4.65 Å². The van der Waals surface area contributed by atoms with Gasteiger partial charge in [-0.1, -0.05) is 48.5 Å². The average molecular weight is 395 g/mol. The molecule has 3 nitrogen and oxygen atoms in total. The topological polar surface area (TPSA) is 34.4 Å². The fourth-order valence-corrected chi connectivity index (χ4v) is 4.16. The van der Waals surface area contributed by atoms with Gasteiger partial charge in [0, 0.05) is 16.5 Å². The van der Waals surface area contributed by atoms with Crippen molar-refractivity contribution in [2.75, 3.05) is 0 Å². The number of aliphatic hydroxyl groups is 1. The van der Waals surface area contributed by atoms with Crippen molar-refractivity contribution < 1.29 is 9.76 Å². The Balaban J connectivity index is 1.73. The Kier molecular flexibility index (Phi) is 4.21. The van der Waals surface area contributed by atoms with Crippen LogP contribution in [0.15, 0.2) is 72.8 Å². The van der Waals surface area contributed by atoms with Crippen LogP contribution in [0.25, 0.3) is 38.3 Å². The second-order valence-electron chi connectivity index (χ2n) is 9.14. The van der Waals surface area contributed by atoms with Crippen molar-refractivity contribution in [1.82, 2.24) is 4.57 Å². The number of nitrogens with zero attached hydrogens (tertiary/aromatic N) is 1. The lowest BCUT2D eigenvalue weighted by molar-refractivity contribution is -0.0893. The van der Waals surface area contributed by atoms with E-state index in [1.54, 1.807) is 13.8 Å². The van der Waals surface area contributed by atoms with E-state index in [2.05, 4.69) is 71.3 Å². The molecular formula is C26H26BNO2. The van der Waals surface area contributed by atoms with E-state index in [0.717, 1.165) is 11.2 Å². The largest absolute Gasteiger partial charge is 0.427 e. The summed E-state index contributed by atoms with van der Waals surface area (Å²) in [5.74, 6) is 0. The number of benzene rings is 4. The van der Waals surface area contributed by atoms with Gasteiger partial charge in [-0.25, -0.2) is 0 Å². The molecule has 1 aromatic heterocycles. The third-order valence-electron chi connectivity index (χ3n) is 6.63. The Bertz CT molecular complexity index is 1350. The van der Waals surface area contributed by atoms with Crippen LogP contribution >= 0.6 is 0 Å². The number of hydrogen-bond donors (Lipinski definition) is 1. The van der Waals surface area contributed by atoms with Crippen LogP contribution in [0.4, 0.5) is 0 Å². The third-order valence-corrected chi connectivity index (χ3v) is 6.63. The Morgan fingerprint density at radius 1 is 0.767 bits per heavy atom. The Morgan fingerprint density at radius 2 is 1.50 bits per heavy atom. The zero-order valence-electron chi connectivity index (χ0n) is 17.9. The molecule has 150 valence electrons. The molecule has 0 spiro atoms. The SMILES string of the molecule is CC(C)(O)C(C)(C)OBc1ccc2c3c1ccc1cccc(c13)n2-c1ccccc1. The van der Waals surface area contributed by atoms with Gasteiger partial charge in [-0.15, -0.1) is 0 Å². The molecule has 4 aromatic carbocycles. The Morgan fingerprint density at radius 3 is 2.23 bits per heavy atom. The van der Waals surface area contributed by atoms with E-state index in [0.29, 0.717) is 7.48 Å². The molecular weight excluding hydrogens is 369 g/mol. The lowest BCUT2D eigenvalue weighted by atomic mass is 9.80. The molecule has 0 amide bonds. The molecule has 0 saturated carbocycles. The molecule has 1 heterocycles. The van der Waals surface area contributed by atoms with E-state index in [9.17, 15) is 5.11 Å². The molecule has 0 aliphatic carbocycles. The van der Waals surface area contributed by atoms with E-state index < -0.39 is 11.2 Å². The summed E-state index contributed by atoms with van der Waals surface area (Å²) in [6.07, 6.45) is 0. The third kappa shape index (κ3) is 2.83. The van der Waals surface area contributed by atoms with Gasteiger partial charge in [0.2, 0.25) is 0 Å². The second-order valence-corrected chi connectivity index (χ2v) is 9.14. The smallest absolute Gasteiger partial charge is 0.310 e. The highest BCUT2D eigenvalue weighted by Gasteiger charge is 2.35. The van der Waals surface area contributed by atoms with E-state index in [1.165, 1.54) is 32.6 Å². The predicted octanol–water partition coefficient (Wildman–Crippen LogP) is 4.92. The highest BCUT2D eigenvalue weighted by molar-refractivity contribution is 6.53. The summed E-state index contributed by atoms with van der Waals surface area (Å²) in [5.41, 5.74) is 3.13. The van der Waals surface area contributed by atoms with Crippen LogP contribution in [0.3, 0.4) is 0 Å². The number of hydrogen-bond acceptors (Lipinski definition) is 2. The van der Waals surface area contributed by atoms with Crippen LogP contribution < -0.4 is 5.46 Å². The minimum absolute atomic E-state index is 0.451. The molecule has 30 heavy (non-hydrogen) atoms. The van der Waals surface area contributed by atoms with E-state index in [-0.39, 0.29) is 0 Å². The van der Waals surface area contributed by atoms with Gasteiger partial charge in [0.15, 0.2) is 0 Å². The van der Waals surface area contributed by atoms with Crippen molar-refractivity contribution in [1.29, 1.82) is 0 Å². The Labute approximate surface area is 177 Å². The van der Waals surface area contributed by atoms with E-state index in [4.69, 9.17) is 4.65 Å². The molecule has 5 aromatic rings. The molecule has 0 aliphatic heterocycles. The van der Waals surface area contributed by atoms with Crippen LogP contribution in [0, 0.1) is 0 Å². The number of rotatable bonds is 5. The highest BCUT2D eigenvalue weighted by Crippen LogP contribution is 2.38. The van der Waals surface area contributed by atoms with Crippen LogP contribution in [0.2, 0.25) is 0 Å². The first-order chi connectivity index (χ1) is 14.3. The van der Waals surface area contributed by atoms with Crippen molar-refractivity contribution >= 4 is 45.5 Å². The van der Waals surface area contributed by atoms with E-state index in [1.807, 2.05) is 19.9 Å². The quantitative estimate of drug-likeness (QED) is 0.339. The summed E-state index contributed by atoms with van der Waals surface area (Å²) >= 11 is 0. The van der Waals surface area contributed by atoms with Crippen molar-refractivity contribution in [3.63, 3.8) is 0 Å². The van der Waals surface area contributed by atoms with Gasteiger partial charge in [0.05, 0.1) is 22.2 Å². The fraction of sp³-hybridized carbons (Fsp3) is 0.231. The van der Waals surface area contributed by atoms with Crippen LogP contribution in [0.5, 0.6) is 0 Å². The lowest BCUT2D eigenvalue weighted by Crippen LogP contribution is -2.49. The van der Waals surface area contributed by atoms with Crippen molar-refractivity contribution in [3.8, 4) is 5.69 Å². The first kappa shape index (κ1) is 19.2. The molecule has 1 N–H and O–H groups in total. The summed E-state index contributed by atoms with van der Waals surface area (Å²) in [5, 5.41) is 15.5. The van der Waals surface area contributed by atoms with Gasteiger partial charge in [0.25, 0.3) is 0 Å². The molecule has 0 aliphatic rings. The van der Waals surface area contributed by atoms with Crippen LogP contribution in [0.1, 0.15) is 27.7 Å². The Hall–Kier alpha value is -2.82. The number of para-hydroxylation sites is 1. The zero-order valence-corrected chi connectivity index (χ0v) is 17.9. The molecule has 0 fully saturated rings. The fourth-order valence-electron chi connectivity index (χ4n) is 4.16. The summed E-state index contributed by atoms with van der Waals surface area (Å²) in [6, 6.07) is 25.8. The maximum Gasteiger partial charge on any atom is 0.310 e. The monoisotopic (exact) mass is 395 g/mol. The molecule has 0 bridgehead atoms. The van der Waals surface area contributed by atoms with Gasteiger partial charge in [-0.2, -0.15) is 0 Å². The summed E-state index contributed by atoms with van der Waals surface area (Å²) in [7, 11) is 0.451. The average Bonchev–Trinajstić information content (AvgIpc) is 3.06. The van der Waals surface area contributed by atoms with Gasteiger partial charge in [-0.3, -0.25) is 0 Å². The highest BCUT2D eigenvalue weighted by atomic mass is 16.5. The summed E-state index contributed by atoms with van der Waals surface area (Å²) in [6.45, 7) is 7.46. The summed E-state index contributed by atoms with van der Waals surface area (Å²) < 4.78 is 8.55. The van der Waals surface area contributed by atoms with Crippen LogP contribution in [-0.4, -0.2) is 28.4 Å².